The molecule has 1 aliphatic heterocycles. The van der Waals surface area contributed by atoms with Gasteiger partial charge in [0, 0.05) is 11.8 Å². The maximum absolute atomic E-state index is 12.8. The summed E-state index contributed by atoms with van der Waals surface area (Å²) < 4.78 is 55.6. The molecule has 1 unspecified atom stereocenters. The number of carboxylic acid groups (broad SMARTS) is 1. The fourth-order valence-corrected chi connectivity index (χ4v) is 5.53. The molecule has 1 fully saturated rings. The Hall–Kier alpha value is -3.87. The number of aliphatic hydroxyl groups excluding tert-OH is 1. The lowest BCUT2D eigenvalue weighted by atomic mass is 9.90. The zero-order chi connectivity index (χ0) is 31.2. The molecule has 43 heavy (non-hydrogen) atoms. The van der Waals surface area contributed by atoms with Crippen LogP contribution in [0.2, 0.25) is 5.28 Å². The third kappa shape index (κ3) is 5.74. The van der Waals surface area contributed by atoms with E-state index in [0.717, 1.165) is 29.5 Å². The summed E-state index contributed by atoms with van der Waals surface area (Å²) in [7, 11) is 0. The molecule has 228 valence electrons. The van der Waals surface area contributed by atoms with Crippen molar-refractivity contribution in [2.75, 3.05) is 12.3 Å². The highest BCUT2D eigenvalue weighted by atomic mass is 35.5. The molecule has 13 nitrogen and oxygen atoms in total. The molecule has 4 aromatic rings. The predicted octanol–water partition coefficient (Wildman–Crippen LogP) is 2.83. The van der Waals surface area contributed by atoms with Crippen molar-refractivity contribution < 1.29 is 47.5 Å². The first-order chi connectivity index (χ1) is 20.3. The monoisotopic (exact) mass is 642 g/mol. The van der Waals surface area contributed by atoms with Gasteiger partial charge < -0.3 is 35.3 Å². The molecule has 0 bridgehead atoms. The van der Waals surface area contributed by atoms with Crippen molar-refractivity contribution in [3.63, 3.8) is 0 Å². The molecule has 3 aromatic heterocycles. The molecule has 0 saturated carbocycles. The average Bonchev–Trinajstić information content (AvgIpc) is 3.66. The van der Waals surface area contributed by atoms with Gasteiger partial charge in [-0.15, -0.1) is 31.1 Å². The van der Waals surface area contributed by atoms with Crippen molar-refractivity contribution in [3.05, 3.63) is 70.7 Å². The van der Waals surface area contributed by atoms with Gasteiger partial charge in [0.25, 0.3) is 0 Å². The molecule has 1 saturated heterocycles. The molecule has 0 amide bonds. The van der Waals surface area contributed by atoms with Crippen LogP contribution in [0.1, 0.15) is 17.5 Å². The van der Waals surface area contributed by atoms with Gasteiger partial charge in [-0.1, -0.05) is 18.2 Å². The molecule has 0 aliphatic carbocycles. The number of aliphatic carboxylic acids is 1. The zero-order valence-corrected chi connectivity index (χ0v) is 23.3. The molecular formula is C25H22ClF3N6O7S. The minimum atomic E-state index is -4.97. The maximum atomic E-state index is 12.8. The van der Waals surface area contributed by atoms with E-state index in [1.165, 1.54) is 33.9 Å². The summed E-state index contributed by atoms with van der Waals surface area (Å²) in [5.41, 5.74) is 3.04. The van der Waals surface area contributed by atoms with Crippen LogP contribution in [0.5, 0.6) is 5.75 Å². The number of alkyl halides is 3. The summed E-state index contributed by atoms with van der Waals surface area (Å²) in [4.78, 5) is 28.9. The molecule has 1 aromatic carbocycles. The van der Waals surface area contributed by atoms with Crippen LogP contribution in [0.4, 0.5) is 19.0 Å². The van der Waals surface area contributed by atoms with Crippen molar-refractivity contribution in [2.45, 2.75) is 42.4 Å². The lowest BCUT2D eigenvalue weighted by molar-refractivity contribution is -0.274. The second kappa shape index (κ2) is 11.3. The molecule has 5 rings (SSSR count). The number of aliphatic hydroxyl groups is 2. The highest BCUT2D eigenvalue weighted by molar-refractivity contribution is 7.07. The number of nitrogens with zero attached hydrogens (tertiary/aromatic N) is 5. The molecular weight excluding hydrogens is 621 g/mol. The van der Waals surface area contributed by atoms with E-state index in [1.54, 1.807) is 0 Å². The van der Waals surface area contributed by atoms with Crippen molar-refractivity contribution in [3.8, 4) is 5.75 Å². The van der Waals surface area contributed by atoms with E-state index in [9.17, 15) is 33.3 Å². The molecule has 5 N–H and O–H groups in total. The Morgan fingerprint density at radius 2 is 2.09 bits per heavy atom. The quantitative estimate of drug-likeness (QED) is 0.146. The largest absolute Gasteiger partial charge is 0.573 e. The highest BCUT2D eigenvalue weighted by Gasteiger charge is 2.56. The van der Waals surface area contributed by atoms with Crippen molar-refractivity contribution >= 4 is 45.9 Å². The van der Waals surface area contributed by atoms with Crippen LogP contribution in [0.25, 0.3) is 11.2 Å². The molecule has 0 radical (unpaired) electrons. The number of hydrogen-bond donors (Lipinski definition) is 4. The summed E-state index contributed by atoms with van der Waals surface area (Å²) in [6.07, 6.45) is -7.67. The first kappa shape index (κ1) is 30.6. The Labute approximate surface area is 249 Å². The lowest BCUT2D eigenvalue weighted by Gasteiger charge is -2.32. The third-order valence-electron chi connectivity index (χ3n) is 6.84. The van der Waals surface area contributed by atoms with Crippen LogP contribution in [0, 0.1) is 0 Å². The second-order valence-corrected chi connectivity index (χ2v) is 10.5. The highest BCUT2D eigenvalue weighted by Crippen LogP contribution is 2.41. The summed E-state index contributed by atoms with van der Waals surface area (Å²) >= 11 is 7.00. The van der Waals surface area contributed by atoms with E-state index < -0.39 is 60.7 Å². The van der Waals surface area contributed by atoms with Crippen LogP contribution in [0.15, 0.2) is 54.1 Å². The number of thiazole rings is 1. The van der Waals surface area contributed by atoms with E-state index >= 15 is 0 Å². The van der Waals surface area contributed by atoms with Gasteiger partial charge in [-0.05, 0) is 29.3 Å². The van der Waals surface area contributed by atoms with Gasteiger partial charge in [0.2, 0.25) is 10.9 Å². The van der Waals surface area contributed by atoms with Crippen LogP contribution >= 0.6 is 22.9 Å². The minimum absolute atomic E-state index is 0.0423. The topological polar surface area (TPSA) is 188 Å². The number of carboxylic acids is 1. The Kier molecular flexibility index (Phi) is 8.05. The number of aromatic nitrogens is 5. The van der Waals surface area contributed by atoms with E-state index in [-0.39, 0.29) is 33.5 Å². The van der Waals surface area contributed by atoms with Crippen LogP contribution in [0.3, 0.4) is 0 Å². The maximum Gasteiger partial charge on any atom is 0.573 e. The number of carbonyl (C=O) groups is 1. The predicted molar refractivity (Wildman–Crippen MR) is 144 cm³/mol. The number of nitrogen functional groups attached to an aromatic ring is 1. The summed E-state index contributed by atoms with van der Waals surface area (Å²) in [6.45, 7) is 2.94. The van der Waals surface area contributed by atoms with E-state index in [0.29, 0.717) is 0 Å². The van der Waals surface area contributed by atoms with Gasteiger partial charge in [-0.25, -0.2) is 14.8 Å². The Bertz CT molecular complexity index is 1660. The van der Waals surface area contributed by atoms with Crippen molar-refractivity contribution in [2.24, 2.45) is 0 Å². The third-order valence-corrected chi connectivity index (χ3v) is 7.60. The Morgan fingerprint density at radius 3 is 2.74 bits per heavy atom. The lowest BCUT2D eigenvalue weighted by Crippen LogP contribution is -2.50. The fourth-order valence-electron chi connectivity index (χ4n) is 4.74. The van der Waals surface area contributed by atoms with Gasteiger partial charge in [0.1, 0.15) is 29.1 Å². The standard InChI is InChI=1S/C25H22ClF3N6O7S/c1-2-23(39)15(41-20(17(23)36)35-10-31-16-18(30)33-22(26)34-19(16)35)8-40-24(21(37)38,14-9-43-11-32-14)7-12-4-3-5-13(6-12)42-25(27,28)29/h2-6,9-11,15,17,20,36,39H,1,7-8H2,(H,37,38)(H2,30,33,34)/t15-,17+,20-,23-,24?/m1/s1. The summed E-state index contributed by atoms with van der Waals surface area (Å²) in [5.74, 6) is -2.13. The van der Waals surface area contributed by atoms with Crippen LogP contribution < -0.4 is 10.5 Å². The second-order valence-electron chi connectivity index (χ2n) is 9.44. The zero-order valence-electron chi connectivity index (χ0n) is 21.7. The number of benzene rings is 1. The molecule has 1 aliphatic rings. The molecule has 0 spiro atoms. The number of ether oxygens (including phenoxy) is 3. The number of imidazole rings is 1. The van der Waals surface area contributed by atoms with Gasteiger partial charge >= 0.3 is 12.3 Å². The number of halogens is 4. The summed E-state index contributed by atoms with van der Waals surface area (Å²) in [6, 6.07) is 4.74. The van der Waals surface area contributed by atoms with E-state index in [4.69, 9.17) is 26.8 Å². The molecule has 4 heterocycles. The number of rotatable bonds is 10. The van der Waals surface area contributed by atoms with Gasteiger partial charge in [-0.3, -0.25) is 4.57 Å². The van der Waals surface area contributed by atoms with E-state index in [1.807, 2.05) is 0 Å². The van der Waals surface area contributed by atoms with Gasteiger partial charge in [0.15, 0.2) is 17.7 Å². The van der Waals surface area contributed by atoms with Gasteiger partial charge in [-0.2, -0.15) is 9.97 Å². The van der Waals surface area contributed by atoms with Crippen molar-refractivity contribution in [1.82, 2.24) is 24.5 Å². The Morgan fingerprint density at radius 1 is 1.33 bits per heavy atom. The van der Waals surface area contributed by atoms with Crippen molar-refractivity contribution in [1.29, 1.82) is 0 Å². The number of fused-ring (bicyclic) bond motifs is 1. The average molecular weight is 643 g/mol. The Balaban J connectivity index is 1.47. The number of hydrogen-bond acceptors (Lipinski definition) is 12. The molecule has 18 heteroatoms. The molecule has 5 atom stereocenters. The summed E-state index contributed by atoms with van der Waals surface area (Å²) in [5, 5.41) is 34.1. The van der Waals surface area contributed by atoms with Crippen LogP contribution in [-0.4, -0.2) is 76.6 Å². The first-order valence-corrected chi connectivity index (χ1v) is 13.5. The number of nitrogens with two attached hydrogens (primary N) is 1. The fraction of sp³-hybridized carbons (Fsp3) is 0.320. The smallest absolute Gasteiger partial charge is 0.479 e. The van der Waals surface area contributed by atoms with Crippen LogP contribution in [-0.2, 0) is 26.3 Å². The first-order valence-electron chi connectivity index (χ1n) is 12.2. The SMILES string of the molecule is C=C[C@@]1(O)[C@@H](COC(Cc2cccc(OC(F)(F)F)c2)(C(=O)O)c2cscn2)O[C@@H](n2cnc3c(N)nc(Cl)nc32)[C@@H]1O. The number of anilines is 1. The van der Waals surface area contributed by atoms with Gasteiger partial charge in [0.05, 0.1) is 24.1 Å². The normalized spacial score (nSPS) is 23.7. The minimum Gasteiger partial charge on any atom is -0.479 e. The van der Waals surface area contributed by atoms with E-state index in [2.05, 4.69) is 31.3 Å².